The molecule has 6 atom stereocenters. The highest BCUT2D eigenvalue weighted by molar-refractivity contribution is 7.47. The maximum atomic E-state index is 13.1. The molecule has 0 amide bonds. The van der Waals surface area contributed by atoms with Crippen LogP contribution in [-0.2, 0) is 65.4 Å². The molecule has 3 N–H and O–H groups in total. The molecule has 0 aromatic heterocycles. The summed E-state index contributed by atoms with van der Waals surface area (Å²) in [7, 11) is -9.91. The molecule has 0 rings (SSSR count). The van der Waals surface area contributed by atoms with Crippen molar-refractivity contribution >= 4 is 39.5 Å². The second-order valence-corrected chi connectivity index (χ2v) is 32.2. The topological polar surface area (TPSA) is 237 Å². The van der Waals surface area contributed by atoms with Crippen LogP contribution in [0.25, 0.3) is 0 Å². The molecule has 0 aliphatic rings. The third kappa shape index (κ3) is 70.9. The van der Waals surface area contributed by atoms with Gasteiger partial charge in [0, 0.05) is 25.7 Å². The fourth-order valence-electron chi connectivity index (χ4n) is 11.9. The Kier molecular flexibility index (Phi) is 67.1. The van der Waals surface area contributed by atoms with Gasteiger partial charge >= 0.3 is 39.5 Å². The lowest BCUT2D eigenvalue weighted by Crippen LogP contribution is -2.30. The molecular formula is C78H152O17P2. The lowest BCUT2D eigenvalue weighted by molar-refractivity contribution is -0.161. The van der Waals surface area contributed by atoms with Gasteiger partial charge in [-0.05, 0) is 43.4 Å². The highest BCUT2D eigenvalue weighted by Crippen LogP contribution is 2.45. The van der Waals surface area contributed by atoms with Gasteiger partial charge in [0.05, 0.1) is 26.4 Å². The van der Waals surface area contributed by atoms with E-state index in [0.717, 1.165) is 108 Å². The zero-order valence-electron chi connectivity index (χ0n) is 63.5. The number of ether oxygens (including phenoxy) is 4. The molecule has 0 bridgehead atoms. The third-order valence-electron chi connectivity index (χ3n) is 18.5. The van der Waals surface area contributed by atoms with Crippen LogP contribution >= 0.6 is 15.6 Å². The van der Waals surface area contributed by atoms with Gasteiger partial charge in [0.1, 0.15) is 19.3 Å². The second kappa shape index (κ2) is 68.5. The van der Waals surface area contributed by atoms with E-state index in [0.29, 0.717) is 25.7 Å². The smallest absolute Gasteiger partial charge is 0.462 e. The van der Waals surface area contributed by atoms with E-state index in [1.54, 1.807) is 0 Å². The Bertz CT molecular complexity index is 1890. The van der Waals surface area contributed by atoms with Crippen LogP contribution in [0, 0.1) is 17.8 Å². The summed E-state index contributed by atoms with van der Waals surface area (Å²) >= 11 is 0. The van der Waals surface area contributed by atoms with E-state index in [1.807, 2.05) is 0 Å². The van der Waals surface area contributed by atoms with Crippen LogP contribution in [0.3, 0.4) is 0 Å². The van der Waals surface area contributed by atoms with Gasteiger partial charge in [-0.25, -0.2) is 9.13 Å². The molecule has 0 heterocycles. The number of hydrogen-bond acceptors (Lipinski definition) is 15. The summed E-state index contributed by atoms with van der Waals surface area (Å²) in [5.74, 6) is 0.243. The van der Waals surface area contributed by atoms with Crippen molar-refractivity contribution in [3.63, 3.8) is 0 Å². The number of phosphoric ester groups is 2. The molecule has 0 fully saturated rings. The number of phosphoric acid groups is 2. The first-order valence-corrected chi connectivity index (χ1v) is 43.4. The third-order valence-corrected chi connectivity index (χ3v) is 20.4. The summed E-state index contributed by atoms with van der Waals surface area (Å²) < 4.78 is 68.5. The molecule has 0 saturated carbocycles. The van der Waals surface area contributed by atoms with Crippen LogP contribution in [0.2, 0.25) is 0 Å². The number of carbonyl (C=O) groups excluding carboxylic acids is 4. The van der Waals surface area contributed by atoms with Crippen molar-refractivity contribution in [2.75, 3.05) is 39.6 Å². The Morgan fingerprint density at radius 2 is 0.526 bits per heavy atom. The van der Waals surface area contributed by atoms with Gasteiger partial charge in [-0.1, -0.05) is 350 Å². The molecule has 17 nitrogen and oxygen atoms in total. The number of unbranched alkanes of at least 4 members (excludes halogenated alkanes) is 43. The highest BCUT2D eigenvalue weighted by atomic mass is 31.2. The van der Waals surface area contributed by atoms with Crippen molar-refractivity contribution < 1.29 is 80.2 Å². The van der Waals surface area contributed by atoms with Crippen molar-refractivity contribution in [2.45, 2.75) is 420 Å². The van der Waals surface area contributed by atoms with Crippen molar-refractivity contribution in [3.8, 4) is 0 Å². The van der Waals surface area contributed by atoms with Crippen molar-refractivity contribution in [3.05, 3.63) is 0 Å². The zero-order chi connectivity index (χ0) is 71.6. The minimum absolute atomic E-state index is 0.105. The van der Waals surface area contributed by atoms with Crippen LogP contribution in [0.15, 0.2) is 0 Å². The van der Waals surface area contributed by atoms with E-state index >= 15 is 0 Å². The van der Waals surface area contributed by atoms with Crippen molar-refractivity contribution in [2.24, 2.45) is 17.8 Å². The van der Waals surface area contributed by atoms with Crippen LogP contribution in [0.1, 0.15) is 402 Å². The molecule has 97 heavy (non-hydrogen) atoms. The standard InChI is InChI=1S/C78H152O17P2/c1-8-10-11-12-13-14-30-38-45-52-59-75(80)88-66-74(95-78(83)62-55-48-41-34-33-36-43-50-57-70(5)6)68-93-97(86,87)91-64-72(79)63-90-96(84,85)92-67-73(65-89-76(81)60-53-46-39-31-27-23-24-28-35-42-49-56-69(3)4)94-77(82)61-54-47-40-32-26-22-20-18-16-15-17-19-21-25-29-37-44-51-58-71(7)9-2/h69-74,79H,8-68H2,1-7H3,(H,84,85)(H,86,87)/t71?,72-,73-,74-/m1/s1. The zero-order valence-corrected chi connectivity index (χ0v) is 65.3. The first-order chi connectivity index (χ1) is 46.8. The molecule has 576 valence electrons. The van der Waals surface area contributed by atoms with Gasteiger partial charge in [-0.3, -0.25) is 37.3 Å². The number of aliphatic hydroxyl groups excluding tert-OH is 1. The molecular weight excluding hydrogens is 1270 g/mol. The first-order valence-electron chi connectivity index (χ1n) is 40.4. The molecule has 0 aromatic carbocycles. The number of hydrogen-bond donors (Lipinski definition) is 3. The average molecular weight is 1420 g/mol. The van der Waals surface area contributed by atoms with Crippen LogP contribution in [0.4, 0.5) is 0 Å². The van der Waals surface area contributed by atoms with E-state index in [-0.39, 0.29) is 25.7 Å². The predicted molar refractivity (Wildman–Crippen MR) is 395 cm³/mol. The lowest BCUT2D eigenvalue weighted by Gasteiger charge is -2.21. The van der Waals surface area contributed by atoms with E-state index in [1.165, 1.54) is 212 Å². The van der Waals surface area contributed by atoms with Gasteiger partial charge in [0.25, 0.3) is 0 Å². The SMILES string of the molecule is CCCCCCCCCCCCC(=O)OC[C@H](COP(=O)(O)OC[C@H](O)COP(=O)(O)OC[C@@H](COC(=O)CCCCCCCCCCCCCC(C)C)OC(=O)CCCCCCCCCCCCCCCCCCCCC(C)CC)OC(=O)CCCCCCCCCCC(C)C. The molecule has 0 radical (unpaired) electrons. The average Bonchev–Trinajstić information content (AvgIpc) is 1.69. The predicted octanol–water partition coefficient (Wildman–Crippen LogP) is 23.0. The van der Waals surface area contributed by atoms with Gasteiger partial charge in [-0.2, -0.15) is 0 Å². The minimum Gasteiger partial charge on any atom is -0.462 e. The fraction of sp³-hybridized carbons (Fsp3) is 0.949. The number of rotatable bonds is 76. The lowest BCUT2D eigenvalue weighted by atomic mass is 9.99. The molecule has 19 heteroatoms. The summed E-state index contributed by atoms with van der Waals surface area (Å²) in [6.45, 7) is 11.9. The summed E-state index contributed by atoms with van der Waals surface area (Å²) in [6, 6.07) is 0. The molecule has 0 spiro atoms. The van der Waals surface area contributed by atoms with E-state index in [4.69, 9.17) is 37.0 Å². The highest BCUT2D eigenvalue weighted by Gasteiger charge is 2.30. The molecule has 0 aliphatic carbocycles. The maximum absolute atomic E-state index is 13.1. The molecule has 0 saturated heterocycles. The van der Waals surface area contributed by atoms with Crippen LogP contribution < -0.4 is 0 Å². The molecule has 3 unspecified atom stereocenters. The van der Waals surface area contributed by atoms with Gasteiger partial charge < -0.3 is 33.8 Å². The van der Waals surface area contributed by atoms with Crippen LogP contribution in [-0.4, -0.2) is 96.7 Å². The maximum Gasteiger partial charge on any atom is 0.472 e. The Morgan fingerprint density at radius 3 is 0.784 bits per heavy atom. The quantitative estimate of drug-likeness (QED) is 0.0222. The molecule has 0 aliphatic heterocycles. The van der Waals surface area contributed by atoms with E-state index in [2.05, 4.69) is 48.5 Å². The van der Waals surface area contributed by atoms with Crippen LogP contribution in [0.5, 0.6) is 0 Å². The first kappa shape index (κ1) is 95.1. The van der Waals surface area contributed by atoms with E-state index in [9.17, 15) is 43.2 Å². The second-order valence-electron chi connectivity index (χ2n) is 29.3. The molecule has 0 aromatic rings. The minimum atomic E-state index is -4.96. The Balaban J connectivity index is 5.19. The van der Waals surface area contributed by atoms with Gasteiger partial charge in [-0.15, -0.1) is 0 Å². The number of aliphatic hydroxyl groups is 1. The summed E-state index contributed by atoms with van der Waals surface area (Å²) in [6.07, 6.45) is 55.6. The normalized spacial score (nSPS) is 14.3. The largest absolute Gasteiger partial charge is 0.472 e. The van der Waals surface area contributed by atoms with Gasteiger partial charge in [0.15, 0.2) is 12.2 Å². The Hall–Kier alpha value is -1.94. The Morgan fingerprint density at radius 1 is 0.299 bits per heavy atom. The summed E-state index contributed by atoms with van der Waals surface area (Å²) in [5, 5.41) is 10.6. The number of esters is 4. The fourth-order valence-corrected chi connectivity index (χ4v) is 13.5. The van der Waals surface area contributed by atoms with Gasteiger partial charge in [0.2, 0.25) is 0 Å². The summed E-state index contributed by atoms with van der Waals surface area (Å²) in [5.41, 5.74) is 0. The number of carbonyl (C=O) groups is 4. The van der Waals surface area contributed by atoms with E-state index < -0.39 is 97.5 Å². The Labute approximate surface area is 594 Å². The van der Waals surface area contributed by atoms with Crippen molar-refractivity contribution in [1.82, 2.24) is 0 Å². The summed E-state index contributed by atoms with van der Waals surface area (Å²) in [4.78, 5) is 72.8. The van der Waals surface area contributed by atoms with Crippen molar-refractivity contribution in [1.29, 1.82) is 0 Å². The monoisotopic (exact) mass is 1420 g/mol.